The summed E-state index contributed by atoms with van der Waals surface area (Å²) in [5.74, 6) is 0.997. The minimum Gasteiger partial charge on any atom is -0.463 e. The molecule has 0 saturated carbocycles. The molecule has 0 radical (unpaired) electrons. The number of para-hydroxylation sites is 1. The van der Waals surface area contributed by atoms with Crippen molar-refractivity contribution >= 4 is 16.8 Å². The second-order valence-electron chi connectivity index (χ2n) is 6.66. The molecule has 1 aromatic carbocycles. The lowest BCUT2D eigenvalue weighted by Crippen LogP contribution is -3.07. The van der Waals surface area contributed by atoms with Crippen LogP contribution < -0.4 is 10.2 Å². The van der Waals surface area contributed by atoms with Gasteiger partial charge in [-0.15, -0.1) is 0 Å². The molecule has 3 N–H and O–H groups in total. The number of amides is 1. The topological polar surface area (TPSA) is 62.5 Å². The Hall–Kier alpha value is -2.53. The highest BCUT2D eigenvalue weighted by Crippen LogP contribution is 2.19. The van der Waals surface area contributed by atoms with E-state index in [-0.39, 0.29) is 11.9 Å². The number of hydrogen-bond donors (Lipinski definition) is 3. The van der Waals surface area contributed by atoms with E-state index in [0.717, 1.165) is 24.1 Å². The summed E-state index contributed by atoms with van der Waals surface area (Å²) in [6, 6.07) is 12.2. The molecule has 0 bridgehead atoms. The number of likely N-dealkylation sites (N-methyl/N-ethyl adjacent to an activating group) is 1. The summed E-state index contributed by atoms with van der Waals surface area (Å²) in [5.41, 5.74) is 2.42. The summed E-state index contributed by atoms with van der Waals surface area (Å²) < 4.78 is 5.48. The third kappa shape index (κ3) is 4.31. The van der Waals surface area contributed by atoms with Crippen LogP contribution in [0.3, 0.4) is 0 Å². The molecule has 0 fully saturated rings. The molecule has 1 atom stereocenters. The van der Waals surface area contributed by atoms with Crippen LogP contribution >= 0.6 is 0 Å². The van der Waals surface area contributed by atoms with E-state index in [1.165, 1.54) is 15.8 Å². The average molecular weight is 340 g/mol. The van der Waals surface area contributed by atoms with Crippen molar-refractivity contribution in [1.82, 2.24) is 10.3 Å². The number of quaternary nitrogens is 1. The Morgan fingerprint density at radius 1 is 1.24 bits per heavy atom. The zero-order valence-corrected chi connectivity index (χ0v) is 14.8. The van der Waals surface area contributed by atoms with Gasteiger partial charge in [0.2, 0.25) is 5.91 Å². The standard InChI is InChI=1S/C20H25N3O2/c1-23(2)18(19-10-6-12-25-19)14-22-20(24)11-5-7-15-13-21-17-9-4-3-8-16(15)17/h3-4,6,8-10,12-13,18,21H,5,7,11,14H2,1-2H3,(H,22,24)/p+1/t18-/m0/s1. The first-order valence-electron chi connectivity index (χ1n) is 8.80. The maximum atomic E-state index is 12.2. The van der Waals surface area contributed by atoms with Crippen LogP contribution in [-0.2, 0) is 11.2 Å². The van der Waals surface area contributed by atoms with Crippen molar-refractivity contribution in [3.63, 3.8) is 0 Å². The fourth-order valence-corrected chi connectivity index (χ4v) is 3.16. The molecule has 0 unspecified atom stereocenters. The lowest BCUT2D eigenvalue weighted by atomic mass is 10.1. The van der Waals surface area contributed by atoms with Crippen LogP contribution in [0.15, 0.2) is 53.3 Å². The molecule has 0 aliphatic carbocycles. The van der Waals surface area contributed by atoms with E-state index in [1.807, 2.05) is 30.5 Å². The van der Waals surface area contributed by atoms with Crippen molar-refractivity contribution < 1.29 is 14.1 Å². The van der Waals surface area contributed by atoms with Gasteiger partial charge in [-0.1, -0.05) is 18.2 Å². The van der Waals surface area contributed by atoms with E-state index in [2.05, 4.69) is 36.5 Å². The van der Waals surface area contributed by atoms with Crippen molar-refractivity contribution in [2.24, 2.45) is 0 Å². The number of carbonyl (C=O) groups is 1. The molecule has 2 aromatic heterocycles. The van der Waals surface area contributed by atoms with Crippen LogP contribution in [0.4, 0.5) is 0 Å². The number of aromatic nitrogens is 1. The molecular weight excluding hydrogens is 314 g/mol. The first-order valence-corrected chi connectivity index (χ1v) is 8.80. The summed E-state index contributed by atoms with van der Waals surface area (Å²) in [7, 11) is 4.13. The van der Waals surface area contributed by atoms with E-state index in [9.17, 15) is 4.79 Å². The highest BCUT2D eigenvalue weighted by atomic mass is 16.3. The minimum atomic E-state index is 0.0950. The third-order valence-electron chi connectivity index (χ3n) is 4.61. The number of aryl methyl sites for hydroxylation is 1. The fraction of sp³-hybridized carbons (Fsp3) is 0.350. The fourth-order valence-electron chi connectivity index (χ4n) is 3.16. The maximum absolute atomic E-state index is 12.2. The lowest BCUT2D eigenvalue weighted by molar-refractivity contribution is -0.891. The molecule has 3 aromatic rings. The predicted octanol–water partition coefficient (Wildman–Crippen LogP) is 2.09. The second-order valence-corrected chi connectivity index (χ2v) is 6.66. The van der Waals surface area contributed by atoms with Crippen molar-refractivity contribution in [3.8, 4) is 0 Å². The van der Waals surface area contributed by atoms with Gasteiger partial charge in [0, 0.05) is 23.5 Å². The third-order valence-corrected chi connectivity index (χ3v) is 4.61. The van der Waals surface area contributed by atoms with Crippen LogP contribution in [0.25, 0.3) is 10.9 Å². The van der Waals surface area contributed by atoms with Gasteiger partial charge < -0.3 is 19.6 Å². The van der Waals surface area contributed by atoms with E-state index >= 15 is 0 Å². The van der Waals surface area contributed by atoms with Gasteiger partial charge in [-0.05, 0) is 36.6 Å². The van der Waals surface area contributed by atoms with Gasteiger partial charge in [0.15, 0.2) is 11.8 Å². The Morgan fingerprint density at radius 3 is 2.84 bits per heavy atom. The maximum Gasteiger partial charge on any atom is 0.220 e. The number of benzene rings is 1. The molecule has 132 valence electrons. The Balaban J connectivity index is 1.46. The van der Waals surface area contributed by atoms with Crippen LogP contribution in [0.1, 0.15) is 30.2 Å². The number of furan rings is 1. The smallest absolute Gasteiger partial charge is 0.220 e. The van der Waals surface area contributed by atoms with Crippen molar-refractivity contribution in [3.05, 3.63) is 60.2 Å². The SMILES string of the molecule is C[NH+](C)[C@@H](CNC(=O)CCCc1c[nH]c2ccccc12)c1ccco1. The van der Waals surface area contributed by atoms with Gasteiger partial charge >= 0.3 is 0 Å². The predicted molar refractivity (Wildman–Crippen MR) is 98.5 cm³/mol. The quantitative estimate of drug-likeness (QED) is 0.588. The number of H-pyrrole nitrogens is 1. The minimum absolute atomic E-state index is 0.0950. The average Bonchev–Trinajstić information content (AvgIpc) is 3.25. The molecule has 0 saturated heterocycles. The van der Waals surface area contributed by atoms with Crippen molar-refractivity contribution in [2.75, 3.05) is 20.6 Å². The number of rotatable bonds is 8. The molecule has 25 heavy (non-hydrogen) atoms. The van der Waals surface area contributed by atoms with E-state index in [1.54, 1.807) is 6.26 Å². The molecule has 2 heterocycles. The van der Waals surface area contributed by atoms with Crippen LogP contribution in [0, 0.1) is 0 Å². The normalized spacial score (nSPS) is 12.6. The Labute approximate surface area is 148 Å². The summed E-state index contributed by atoms with van der Waals surface area (Å²) in [5, 5.41) is 4.29. The highest BCUT2D eigenvalue weighted by molar-refractivity contribution is 5.83. The molecule has 3 rings (SSSR count). The van der Waals surface area contributed by atoms with E-state index in [0.29, 0.717) is 13.0 Å². The Kier molecular flexibility index (Phi) is 5.56. The summed E-state index contributed by atoms with van der Waals surface area (Å²) in [6.45, 7) is 0.585. The number of hydrogen-bond acceptors (Lipinski definition) is 2. The summed E-state index contributed by atoms with van der Waals surface area (Å²) >= 11 is 0. The molecule has 0 aliphatic rings. The molecule has 5 heteroatoms. The van der Waals surface area contributed by atoms with Crippen molar-refractivity contribution in [2.45, 2.75) is 25.3 Å². The monoisotopic (exact) mass is 340 g/mol. The summed E-state index contributed by atoms with van der Waals surface area (Å²) in [6.07, 6.45) is 6.00. The molecular formula is C20H26N3O2+. The first-order chi connectivity index (χ1) is 12.1. The number of carbonyl (C=O) groups excluding carboxylic acids is 1. The van der Waals surface area contributed by atoms with Gasteiger partial charge in [-0.2, -0.15) is 0 Å². The Bertz CT molecular complexity index is 805. The van der Waals surface area contributed by atoms with E-state index < -0.39 is 0 Å². The van der Waals surface area contributed by atoms with Crippen LogP contribution in [0.2, 0.25) is 0 Å². The number of fused-ring (bicyclic) bond motifs is 1. The molecule has 5 nitrogen and oxygen atoms in total. The highest BCUT2D eigenvalue weighted by Gasteiger charge is 2.21. The van der Waals surface area contributed by atoms with Crippen LogP contribution in [0.5, 0.6) is 0 Å². The van der Waals surface area contributed by atoms with Crippen LogP contribution in [-0.4, -0.2) is 31.5 Å². The first kappa shape index (κ1) is 17.3. The Morgan fingerprint density at radius 2 is 2.08 bits per heavy atom. The molecule has 1 amide bonds. The number of aromatic amines is 1. The largest absolute Gasteiger partial charge is 0.463 e. The van der Waals surface area contributed by atoms with E-state index in [4.69, 9.17) is 4.42 Å². The van der Waals surface area contributed by atoms with Gasteiger partial charge in [0.25, 0.3) is 0 Å². The number of nitrogens with one attached hydrogen (secondary N) is 3. The van der Waals surface area contributed by atoms with Gasteiger partial charge in [-0.3, -0.25) is 4.79 Å². The second kappa shape index (κ2) is 8.03. The molecule has 0 spiro atoms. The summed E-state index contributed by atoms with van der Waals surface area (Å²) in [4.78, 5) is 16.7. The lowest BCUT2D eigenvalue weighted by Gasteiger charge is -2.19. The molecule has 0 aliphatic heterocycles. The zero-order valence-electron chi connectivity index (χ0n) is 14.8. The zero-order chi connectivity index (χ0) is 17.6. The van der Waals surface area contributed by atoms with Gasteiger partial charge in [0.05, 0.1) is 26.9 Å². The van der Waals surface area contributed by atoms with Crippen molar-refractivity contribution in [1.29, 1.82) is 0 Å². The van der Waals surface area contributed by atoms with Gasteiger partial charge in [-0.25, -0.2) is 0 Å². The van der Waals surface area contributed by atoms with Gasteiger partial charge in [0.1, 0.15) is 0 Å².